The topological polar surface area (TPSA) is 140 Å². The molecule has 0 radical (unpaired) electrons. The maximum atomic E-state index is 11.0. The lowest BCUT2D eigenvalue weighted by Crippen LogP contribution is -2.31. The Morgan fingerprint density at radius 2 is 2.03 bits per heavy atom. The van der Waals surface area contributed by atoms with Crippen LogP contribution in [0.3, 0.4) is 0 Å². The van der Waals surface area contributed by atoms with Crippen molar-refractivity contribution in [2.45, 2.75) is 44.4 Å². The molecule has 0 saturated carbocycles. The molecule has 4 atom stereocenters. The molecule has 5 rings (SSSR count). The highest BCUT2D eigenvalue weighted by Crippen LogP contribution is 2.34. The average Bonchev–Trinajstić information content (AvgIpc) is 3.29. The number of hydrogen-bond acceptors (Lipinski definition) is 9. The zero-order valence-corrected chi connectivity index (χ0v) is 16.1. The molecule has 0 unspecified atom stereocenters. The Morgan fingerprint density at radius 3 is 2.77 bits per heavy atom. The number of aliphatic hydroxyl groups is 2. The third-order valence-corrected chi connectivity index (χ3v) is 5.80. The minimum absolute atomic E-state index is 0.0944. The SMILES string of the molecule is C[C@H]1O[C@@H](n2cnc3c(N4CCc5cc([N+](=O)[O-])ccc5C4)ncnc32)[C@H](O)[C@@H]1O. The second-order valence-corrected chi connectivity index (χ2v) is 7.62. The molecular weight excluding hydrogens is 392 g/mol. The number of nitrogens with zero attached hydrogens (tertiary/aromatic N) is 6. The molecule has 2 aromatic heterocycles. The Kier molecular flexibility index (Phi) is 4.38. The van der Waals surface area contributed by atoms with E-state index >= 15 is 0 Å². The van der Waals surface area contributed by atoms with E-state index in [1.807, 2.05) is 0 Å². The maximum Gasteiger partial charge on any atom is 0.269 e. The van der Waals surface area contributed by atoms with Crippen LogP contribution in [0.15, 0.2) is 30.9 Å². The van der Waals surface area contributed by atoms with Crippen LogP contribution in [-0.2, 0) is 17.7 Å². The van der Waals surface area contributed by atoms with Gasteiger partial charge in [0, 0.05) is 25.2 Å². The minimum atomic E-state index is -1.09. The lowest BCUT2D eigenvalue weighted by Gasteiger charge is -2.29. The van der Waals surface area contributed by atoms with Gasteiger partial charge in [-0.1, -0.05) is 6.07 Å². The van der Waals surface area contributed by atoms with E-state index in [1.54, 1.807) is 23.6 Å². The Balaban J connectivity index is 1.48. The van der Waals surface area contributed by atoms with E-state index < -0.39 is 24.5 Å². The minimum Gasteiger partial charge on any atom is -0.388 e. The van der Waals surface area contributed by atoms with Gasteiger partial charge in [0.2, 0.25) is 0 Å². The molecule has 0 bridgehead atoms. The van der Waals surface area contributed by atoms with Gasteiger partial charge in [-0.05, 0) is 24.5 Å². The number of nitro groups is 1. The molecule has 0 spiro atoms. The van der Waals surface area contributed by atoms with Crippen molar-refractivity contribution in [1.82, 2.24) is 19.5 Å². The quantitative estimate of drug-likeness (QED) is 0.475. The van der Waals surface area contributed by atoms with E-state index in [0.29, 0.717) is 36.5 Å². The van der Waals surface area contributed by atoms with Gasteiger partial charge < -0.3 is 19.8 Å². The number of hydrogen-bond donors (Lipinski definition) is 2. The van der Waals surface area contributed by atoms with Gasteiger partial charge in [0.1, 0.15) is 18.5 Å². The van der Waals surface area contributed by atoms with Gasteiger partial charge in [-0.2, -0.15) is 0 Å². The smallest absolute Gasteiger partial charge is 0.269 e. The number of nitro benzene ring substituents is 1. The van der Waals surface area contributed by atoms with E-state index in [0.717, 1.165) is 11.1 Å². The van der Waals surface area contributed by atoms with Crippen LogP contribution in [0.5, 0.6) is 0 Å². The van der Waals surface area contributed by atoms with Crippen LogP contribution in [-0.4, -0.2) is 59.5 Å². The summed E-state index contributed by atoms with van der Waals surface area (Å²) in [6.07, 6.45) is 0.240. The first-order chi connectivity index (χ1) is 14.4. The Bertz CT molecular complexity index is 1130. The maximum absolute atomic E-state index is 11.0. The van der Waals surface area contributed by atoms with Crippen LogP contribution < -0.4 is 4.90 Å². The van der Waals surface area contributed by atoms with Crippen LogP contribution in [0, 0.1) is 10.1 Å². The van der Waals surface area contributed by atoms with Gasteiger partial charge in [0.05, 0.1) is 17.4 Å². The molecule has 0 aliphatic carbocycles. The van der Waals surface area contributed by atoms with Crippen molar-refractivity contribution in [2.24, 2.45) is 0 Å². The molecule has 1 fully saturated rings. The number of aromatic nitrogens is 4. The van der Waals surface area contributed by atoms with E-state index in [1.165, 1.54) is 18.7 Å². The highest BCUT2D eigenvalue weighted by atomic mass is 16.6. The second-order valence-electron chi connectivity index (χ2n) is 7.62. The summed E-state index contributed by atoms with van der Waals surface area (Å²) in [5.41, 5.74) is 3.12. The third kappa shape index (κ3) is 2.90. The van der Waals surface area contributed by atoms with E-state index in [4.69, 9.17) is 4.74 Å². The van der Waals surface area contributed by atoms with E-state index in [9.17, 15) is 20.3 Å². The number of rotatable bonds is 3. The van der Waals surface area contributed by atoms with Crippen molar-refractivity contribution in [1.29, 1.82) is 0 Å². The number of aliphatic hydroxyl groups excluding tert-OH is 2. The largest absolute Gasteiger partial charge is 0.388 e. The molecule has 30 heavy (non-hydrogen) atoms. The van der Waals surface area contributed by atoms with Crippen LogP contribution >= 0.6 is 0 Å². The summed E-state index contributed by atoms with van der Waals surface area (Å²) in [5, 5.41) is 31.4. The fourth-order valence-corrected chi connectivity index (χ4v) is 4.15. The van der Waals surface area contributed by atoms with Crippen molar-refractivity contribution in [3.8, 4) is 0 Å². The highest BCUT2D eigenvalue weighted by Gasteiger charge is 2.42. The predicted octanol–water partition coefficient (Wildman–Crippen LogP) is 0.936. The molecule has 0 amide bonds. The monoisotopic (exact) mass is 412 g/mol. The molecule has 2 N–H and O–H groups in total. The van der Waals surface area contributed by atoms with Crippen LogP contribution in [0.2, 0.25) is 0 Å². The molecule has 2 aliphatic rings. The zero-order chi connectivity index (χ0) is 21.0. The second kappa shape index (κ2) is 6.97. The number of imidazole rings is 1. The molecule has 11 nitrogen and oxygen atoms in total. The van der Waals surface area contributed by atoms with Crippen molar-refractivity contribution >= 4 is 22.7 Å². The number of benzene rings is 1. The third-order valence-electron chi connectivity index (χ3n) is 5.80. The van der Waals surface area contributed by atoms with Crippen molar-refractivity contribution in [2.75, 3.05) is 11.4 Å². The van der Waals surface area contributed by atoms with Crippen molar-refractivity contribution < 1.29 is 19.9 Å². The molecule has 11 heteroatoms. The molecule has 3 aromatic rings. The summed E-state index contributed by atoms with van der Waals surface area (Å²) in [5.74, 6) is 0.642. The molecule has 4 heterocycles. The number of fused-ring (bicyclic) bond motifs is 2. The van der Waals surface area contributed by atoms with Gasteiger partial charge in [-0.25, -0.2) is 15.0 Å². The summed E-state index contributed by atoms with van der Waals surface area (Å²) in [6, 6.07) is 4.92. The van der Waals surface area contributed by atoms with Crippen molar-refractivity contribution in [3.05, 3.63) is 52.1 Å². The number of non-ortho nitro benzene ring substituents is 1. The summed E-state index contributed by atoms with van der Waals surface area (Å²) >= 11 is 0. The molecular formula is C19H20N6O5. The normalized spacial score (nSPS) is 26.2. The fraction of sp³-hybridized carbons (Fsp3) is 0.421. The van der Waals surface area contributed by atoms with Crippen LogP contribution in [0.25, 0.3) is 11.2 Å². The fourth-order valence-electron chi connectivity index (χ4n) is 4.15. The van der Waals surface area contributed by atoms with Crippen LogP contribution in [0.1, 0.15) is 24.3 Å². The van der Waals surface area contributed by atoms with Gasteiger partial charge >= 0.3 is 0 Å². The Labute approximate surface area is 170 Å². The first-order valence-electron chi connectivity index (χ1n) is 9.64. The first-order valence-corrected chi connectivity index (χ1v) is 9.64. The van der Waals surface area contributed by atoms with Gasteiger partial charge in [0.15, 0.2) is 23.2 Å². The average molecular weight is 412 g/mol. The predicted molar refractivity (Wildman–Crippen MR) is 105 cm³/mol. The zero-order valence-electron chi connectivity index (χ0n) is 16.1. The summed E-state index contributed by atoms with van der Waals surface area (Å²) in [6.45, 7) is 2.87. The lowest BCUT2D eigenvalue weighted by atomic mass is 9.99. The Morgan fingerprint density at radius 1 is 1.20 bits per heavy atom. The molecule has 1 saturated heterocycles. The molecule has 156 valence electrons. The number of anilines is 1. The molecule has 1 aromatic carbocycles. The highest BCUT2D eigenvalue weighted by molar-refractivity contribution is 5.83. The van der Waals surface area contributed by atoms with E-state index in [2.05, 4.69) is 19.9 Å². The molecule has 2 aliphatic heterocycles. The van der Waals surface area contributed by atoms with Gasteiger partial charge in [-0.3, -0.25) is 14.7 Å². The van der Waals surface area contributed by atoms with Gasteiger partial charge in [0.25, 0.3) is 5.69 Å². The van der Waals surface area contributed by atoms with Crippen LogP contribution in [0.4, 0.5) is 11.5 Å². The first kappa shape index (κ1) is 18.9. The lowest BCUT2D eigenvalue weighted by molar-refractivity contribution is -0.384. The summed E-state index contributed by atoms with van der Waals surface area (Å²) in [7, 11) is 0. The van der Waals surface area contributed by atoms with E-state index in [-0.39, 0.29) is 10.6 Å². The number of ether oxygens (including phenoxy) is 1. The van der Waals surface area contributed by atoms with Gasteiger partial charge in [-0.15, -0.1) is 0 Å². The summed E-state index contributed by atoms with van der Waals surface area (Å²) < 4.78 is 7.30. The van der Waals surface area contributed by atoms with Crippen molar-refractivity contribution in [3.63, 3.8) is 0 Å². The Hall–Kier alpha value is -3.15. The summed E-state index contributed by atoms with van der Waals surface area (Å²) in [4.78, 5) is 25.9. The standard InChI is InChI=1S/C19H20N6O5/c1-10-15(26)16(27)19(30-10)24-9-22-14-17(20-8-21-18(14)24)23-5-4-11-6-13(25(28)29)3-2-12(11)7-23/h2-3,6,8-10,15-16,19,26-27H,4-5,7H2,1H3/t10-,15-,16-,19-/m1/s1.